The van der Waals surface area contributed by atoms with Crippen LogP contribution < -0.4 is 5.73 Å². The largest absolute Gasteiger partial charge is 0.484 e. The Bertz CT molecular complexity index is 1210. The van der Waals surface area contributed by atoms with Crippen LogP contribution in [0.15, 0.2) is 12.7 Å². The normalized spacial score (nSPS) is 27.1. The second kappa shape index (κ2) is 12.0. The fourth-order valence-corrected chi connectivity index (χ4v) is 5.69. The molecule has 2 aromatic heterocycles. The van der Waals surface area contributed by atoms with Gasteiger partial charge in [-0.25, -0.2) is 24.1 Å². The number of anilines is 1. The van der Waals surface area contributed by atoms with E-state index in [9.17, 15) is 44.6 Å². The Morgan fingerprint density at radius 3 is 2.42 bits per heavy atom. The highest BCUT2D eigenvalue weighted by molar-refractivity contribution is 7.61. The summed E-state index contributed by atoms with van der Waals surface area (Å²) in [4.78, 5) is 40.6. The number of rotatable bonds is 13. The molecule has 1 aliphatic rings. The van der Waals surface area contributed by atoms with Crippen LogP contribution in [0, 0.1) is 0 Å². The number of nitrogens with zero attached hydrogens (tertiary/aromatic N) is 4. The molecule has 3 heterocycles. The summed E-state index contributed by atoms with van der Waals surface area (Å²) in [6.45, 7) is -2.28. The van der Waals surface area contributed by atoms with Crippen molar-refractivity contribution < 1.29 is 72.4 Å². The molecule has 214 valence electrons. The van der Waals surface area contributed by atoms with Crippen molar-refractivity contribution in [2.45, 2.75) is 49.0 Å². The van der Waals surface area contributed by atoms with Crippen molar-refractivity contribution in [2.75, 3.05) is 18.9 Å². The van der Waals surface area contributed by atoms with Gasteiger partial charge >= 0.3 is 15.6 Å². The smallest absolute Gasteiger partial charge is 0.394 e. The lowest BCUT2D eigenvalue weighted by atomic mass is 10.0. The van der Waals surface area contributed by atoms with E-state index in [1.54, 1.807) is 0 Å². The maximum absolute atomic E-state index is 13.0. The standard InChI is InChI=1S/C16H25N5O15P2/c17-14-9-15(19-4-18-14)21(5-20-9)16-13(28)12(27)8(34-16)3-33-38(32,36-37(29,30)31)35-7(2-23)11(26)10(25)6(24)1-22/h1,4-8,10-13,16,23-28H,2-3H2,(H2,17,18,19)(H2,29,30,31)/t6-,7-,8-,10-,11-,12-,13-,16-,38?/m1/s1. The first kappa shape index (κ1) is 30.5. The van der Waals surface area contributed by atoms with E-state index in [2.05, 4.69) is 19.3 Å². The highest BCUT2D eigenvalue weighted by Crippen LogP contribution is 2.62. The van der Waals surface area contributed by atoms with Crippen molar-refractivity contribution in [1.82, 2.24) is 19.5 Å². The van der Waals surface area contributed by atoms with E-state index in [0.717, 1.165) is 6.33 Å². The Balaban J connectivity index is 1.78. The molecule has 1 aliphatic heterocycles. The zero-order valence-electron chi connectivity index (χ0n) is 19.0. The number of phosphoric ester groups is 1. The van der Waals surface area contributed by atoms with Gasteiger partial charge in [-0.15, -0.1) is 0 Å². The third kappa shape index (κ3) is 6.76. The summed E-state index contributed by atoms with van der Waals surface area (Å²) in [7, 11) is -11.1. The Kier molecular flexibility index (Phi) is 9.67. The summed E-state index contributed by atoms with van der Waals surface area (Å²) in [5, 5.41) is 59.5. The number of ether oxygens (including phenoxy) is 1. The van der Waals surface area contributed by atoms with Crippen molar-refractivity contribution in [3.63, 3.8) is 0 Å². The van der Waals surface area contributed by atoms with Gasteiger partial charge in [0, 0.05) is 0 Å². The number of aromatic nitrogens is 4. The van der Waals surface area contributed by atoms with E-state index in [1.165, 1.54) is 10.9 Å². The predicted molar refractivity (Wildman–Crippen MR) is 118 cm³/mol. The number of aldehydes is 1. The summed E-state index contributed by atoms with van der Waals surface area (Å²) >= 11 is 0. The predicted octanol–water partition coefficient (Wildman–Crippen LogP) is -4.08. The minimum absolute atomic E-state index is 0.0146. The van der Waals surface area contributed by atoms with Gasteiger partial charge in [-0.1, -0.05) is 0 Å². The Labute approximate surface area is 212 Å². The Morgan fingerprint density at radius 1 is 1.13 bits per heavy atom. The summed E-state index contributed by atoms with van der Waals surface area (Å²) in [5.74, 6) is 0.0146. The van der Waals surface area contributed by atoms with E-state index in [1.807, 2.05) is 0 Å². The topological polar surface area (TPSA) is 320 Å². The number of phosphoric acid groups is 2. The number of imidazole rings is 1. The molecule has 0 aliphatic carbocycles. The molecule has 1 saturated heterocycles. The molecule has 0 amide bonds. The van der Waals surface area contributed by atoms with Crippen LogP contribution in [-0.2, 0) is 32.0 Å². The van der Waals surface area contributed by atoms with Crippen LogP contribution >= 0.6 is 15.6 Å². The zero-order valence-corrected chi connectivity index (χ0v) is 20.7. The molecule has 0 aromatic carbocycles. The van der Waals surface area contributed by atoms with E-state index in [0.29, 0.717) is 0 Å². The number of nitrogen functional groups attached to an aromatic ring is 1. The second-order valence-corrected chi connectivity index (χ2v) is 10.9. The average molecular weight is 589 g/mol. The molecule has 0 spiro atoms. The Morgan fingerprint density at radius 2 is 1.82 bits per heavy atom. The number of hydrogen-bond acceptors (Lipinski definition) is 17. The second-order valence-electron chi connectivity index (χ2n) is 7.88. The molecule has 20 nitrogen and oxygen atoms in total. The molecule has 22 heteroatoms. The summed E-state index contributed by atoms with van der Waals surface area (Å²) in [6, 6.07) is 0. The Hall–Kier alpha value is -2.00. The minimum Gasteiger partial charge on any atom is -0.394 e. The first-order valence-corrected chi connectivity index (χ1v) is 13.4. The van der Waals surface area contributed by atoms with Gasteiger partial charge < -0.3 is 55.7 Å². The lowest BCUT2D eigenvalue weighted by Crippen LogP contribution is -2.47. The maximum Gasteiger partial charge on any atom is 0.484 e. The number of fused-ring (bicyclic) bond motifs is 1. The molecule has 9 atom stereocenters. The SMILES string of the molecule is Nc1ncnc2c1ncn2[C@@H]1O[C@H](COP(=O)(O[C@H](CO)[C@@H](O)[C@H](O)[C@H](O)C=O)OP(=O)(O)O)[C@@H](O)[C@H]1O. The fraction of sp³-hybridized carbons (Fsp3) is 0.625. The number of carbonyl (C=O) groups is 1. The van der Waals surface area contributed by atoms with Crippen LogP contribution in [0.1, 0.15) is 6.23 Å². The molecule has 3 rings (SSSR count). The van der Waals surface area contributed by atoms with Gasteiger partial charge in [0.2, 0.25) is 0 Å². The molecule has 0 radical (unpaired) electrons. The van der Waals surface area contributed by atoms with Gasteiger partial charge in [0.15, 0.2) is 24.0 Å². The maximum atomic E-state index is 13.0. The van der Waals surface area contributed by atoms with Crippen LogP contribution in [0.2, 0.25) is 0 Å². The molecule has 0 saturated carbocycles. The van der Waals surface area contributed by atoms with Gasteiger partial charge in [0.05, 0.1) is 19.5 Å². The van der Waals surface area contributed by atoms with Crippen LogP contribution in [0.5, 0.6) is 0 Å². The van der Waals surface area contributed by atoms with Crippen LogP contribution in [0.3, 0.4) is 0 Å². The molecule has 10 N–H and O–H groups in total. The van der Waals surface area contributed by atoms with Crippen molar-refractivity contribution in [1.29, 1.82) is 0 Å². The number of nitrogens with two attached hydrogens (primary N) is 1. The minimum atomic E-state index is -5.64. The van der Waals surface area contributed by atoms with Gasteiger partial charge in [-0.3, -0.25) is 13.6 Å². The van der Waals surface area contributed by atoms with E-state index in [4.69, 9.17) is 29.3 Å². The van der Waals surface area contributed by atoms with Crippen LogP contribution in [-0.4, -0.2) is 122 Å². The zero-order chi connectivity index (χ0) is 28.4. The molecule has 2 aromatic rings. The molecular weight excluding hydrogens is 564 g/mol. The summed E-state index contributed by atoms with van der Waals surface area (Å²) in [6.07, 6.45) is -13.1. The van der Waals surface area contributed by atoms with E-state index < -0.39 is 77.8 Å². The molecule has 38 heavy (non-hydrogen) atoms. The highest BCUT2D eigenvalue weighted by atomic mass is 31.3. The number of aliphatic hydroxyl groups excluding tert-OH is 6. The van der Waals surface area contributed by atoms with Crippen LogP contribution in [0.4, 0.5) is 5.82 Å². The average Bonchev–Trinajstić information content (AvgIpc) is 3.40. The van der Waals surface area contributed by atoms with Gasteiger partial charge in [-0.2, -0.15) is 4.31 Å². The number of hydrogen-bond donors (Lipinski definition) is 9. The first-order valence-electron chi connectivity index (χ1n) is 10.5. The molecule has 0 bridgehead atoms. The lowest BCUT2D eigenvalue weighted by molar-refractivity contribution is -0.135. The number of carbonyl (C=O) groups excluding carboxylic acids is 1. The monoisotopic (exact) mass is 589 g/mol. The molecule has 1 unspecified atom stereocenters. The first-order chi connectivity index (χ1) is 17.7. The van der Waals surface area contributed by atoms with Crippen molar-refractivity contribution >= 4 is 38.9 Å². The third-order valence-corrected chi connectivity index (χ3v) is 7.91. The van der Waals surface area contributed by atoms with Gasteiger partial charge in [-0.05, 0) is 0 Å². The lowest BCUT2D eigenvalue weighted by Gasteiger charge is -2.29. The van der Waals surface area contributed by atoms with Crippen molar-refractivity contribution in [3.05, 3.63) is 12.7 Å². The van der Waals surface area contributed by atoms with E-state index >= 15 is 0 Å². The van der Waals surface area contributed by atoms with Gasteiger partial charge in [0.25, 0.3) is 0 Å². The summed E-state index contributed by atoms with van der Waals surface area (Å²) in [5.41, 5.74) is 5.98. The van der Waals surface area contributed by atoms with E-state index in [-0.39, 0.29) is 23.3 Å². The quantitative estimate of drug-likeness (QED) is 0.0792. The molecule has 1 fully saturated rings. The van der Waals surface area contributed by atoms with Gasteiger partial charge in [0.1, 0.15) is 54.6 Å². The third-order valence-electron chi connectivity index (χ3n) is 5.27. The molecular formula is C16H25N5O15P2. The van der Waals surface area contributed by atoms with Crippen LogP contribution in [0.25, 0.3) is 11.2 Å². The fourth-order valence-electron chi connectivity index (χ4n) is 3.39. The highest BCUT2D eigenvalue weighted by Gasteiger charge is 2.48. The summed E-state index contributed by atoms with van der Waals surface area (Å²) < 4.78 is 44.7. The number of aliphatic hydroxyl groups is 6. The van der Waals surface area contributed by atoms with Crippen molar-refractivity contribution in [2.24, 2.45) is 0 Å². The van der Waals surface area contributed by atoms with Crippen molar-refractivity contribution in [3.8, 4) is 0 Å².